The molecule has 0 atom stereocenters. The van der Waals surface area contributed by atoms with Crippen molar-refractivity contribution in [2.24, 2.45) is 5.73 Å². The normalized spacial score (nSPS) is 9.85. The van der Waals surface area contributed by atoms with Crippen molar-refractivity contribution in [3.8, 4) is 11.5 Å². The number of nitrogens with two attached hydrogens (primary N) is 1. The molecule has 5 heteroatoms. The third kappa shape index (κ3) is 5.01. The monoisotopic (exact) mass is 368 g/mol. The second kappa shape index (κ2) is 9.49. The van der Waals surface area contributed by atoms with Crippen LogP contribution in [0.1, 0.15) is 16.7 Å². The summed E-state index contributed by atoms with van der Waals surface area (Å²) in [5, 5.41) is 7.79. The van der Waals surface area contributed by atoms with Gasteiger partial charge in [-0.25, -0.2) is 0 Å². The van der Waals surface area contributed by atoms with Gasteiger partial charge in [-0.3, -0.25) is 5.41 Å². The van der Waals surface area contributed by atoms with E-state index in [4.69, 9.17) is 20.6 Å². The van der Waals surface area contributed by atoms with Crippen molar-refractivity contribution in [1.82, 2.24) is 0 Å². The van der Waals surface area contributed by atoms with Crippen LogP contribution in [0.15, 0.2) is 78.9 Å². The number of hydrogen-bond donors (Lipinski definition) is 2. The van der Waals surface area contributed by atoms with Gasteiger partial charge in [0.2, 0.25) is 0 Å². The Hall–Kier alpha value is -2.98. The van der Waals surface area contributed by atoms with Gasteiger partial charge in [0.25, 0.3) is 0 Å². The molecule has 0 bridgehead atoms. The largest absolute Gasteiger partial charge is 0.485 e. The van der Waals surface area contributed by atoms with Crippen molar-refractivity contribution >= 4 is 18.2 Å². The molecule has 0 radical (unpaired) electrons. The molecular formula is C21H21ClN2O2. The van der Waals surface area contributed by atoms with E-state index in [-0.39, 0.29) is 18.2 Å². The van der Waals surface area contributed by atoms with E-state index in [0.29, 0.717) is 30.3 Å². The Balaban J connectivity index is 0.00000243. The first-order valence-electron chi connectivity index (χ1n) is 8.05. The topological polar surface area (TPSA) is 68.3 Å². The average Bonchev–Trinajstić information content (AvgIpc) is 2.66. The number of benzene rings is 3. The summed E-state index contributed by atoms with van der Waals surface area (Å²) >= 11 is 0. The van der Waals surface area contributed by atoms with Crippen LogP contribution in [0.5, 0.6) is 11.5 Å². The summed E-state index contributed by atoms with van der Waals surface area (Å²) in [6.45, 7) is 0.802. The fourth-order valence-electron chi connectivity index (χ4n) is 2.46. The molecule has 26 heavy (non-hydrogen) atoms. The summed E-state index contributed by atoms with van der Waals surface area (Å²) in [7, 11) is 0. The van der Waals surface area contributed by atoms with E-state index >= 15 is 0 Å². The summed E-state index contributed by atoms with van der Waals surface area (Å²) < 4.78 is 11.9. The molecule has 3 aromatic carbocycles. The standard InChI is InChI=1S/C21H20N2O2.ClH/c22-21(23)18-12-7-13-19(24-14-16-8-3-1-4-9-16)20(18)25-15-17-10-5-2-6-11-17;/h1-13H,14-15H2,(H3,22,23);1H. The second-order valence-electron chi connectivity index (χ2n) is 5.60. The van der Waals surface area contributed by atoms with Gasteiger partial charge in [0.1, 0.15) is 19.0 Å². The first-order valence-corrected chi connectivity index (χ1v) is 8.05. The van der Waals surface area contributed by atoms with Crippen LogP contribution >= 0.6 is 12.4 Å². The van der Waals surface area contributed by atoms with Crippen LogP contribution in [0, 0.1) is 5.41 Å². The molecule has 3 rings (SSSR count). The minimum absolute atomic E-state index is 0. The van der Waals surface area contributed by atoms with Crippen molar-refractivity contribution in [1.29, 1.82) is 5.41 Å². The van der Waals surface area contributed by atoms with Crippen LogP contribution in [0.4, 0.5) is 0 Å². The maximum Gasteiger partial charge on any atom is 0.172 e. The number of hydrogen-bond acceptors (Lipinski definition) is 3. The molecule has 3 aromatic rings. The Morgan fingerprint density at radius 2 is 1.27 bits per heavy atom. The minimum atomic E-state index is -0.0479. The molecule has 0 saturated heterocycles. The number of para-hydroxylation sites is 1. The van der Waals surface area contributed by atoms with Crippen molar-refractivity contribution < 1.29 is 9.47 Å². The first-order chi connectivity index (χ1) is 12.2. The highest BCUT2D eigenvalue weighted by Gasteiger charge is 2.14. The van der Waals surface area contributed by atoms with Crippen molar-refractivity contribution in [3.63, 3.8) is 0 Å². The Bertz CT molecular complexity index is 839. The second-order valence-corrected chi connectivity index (χ2v) is 5.60. The molecule has 134 valence electrons. The number of nitrogens with one attached hydrogen (secondary N) is 1. The zero-order chi connectivity index (χ0) is 17.5. The lowest BCUT2D eigenvalue weighted by Crippen LogP contribution is -2.14. The molecule has 0 aliphatic carbocycles. The average molecular weight is 369 g/mol. The summed E-state index contributed by atoms with van der Waals surface area (Å²) in [4.78, 5) is 0. The van der Waals surface area contributed by atoms with E-state index in [9.17, 15) is 0 Å². The number of rotatable bonds is 7. The van der Waals surface area contributed by atoms with Crippen LogP contribution in [0.2, 0.25) is 0 Å². The van der Waals surface area contributed by atoms with E-state index < -0.39 is 0 Å². The van der Waals surface area contributed by atoms with E-state index in [1.54, 1.807) is 6.07 Å². The molecule has 0 fully saturated rings. The molecule has 0 aromatic heterocycles. The molecule has 4 nitrogen and oxygen atoms in total. The van der Waals surface area contributed by atoms with Gasteiger partial charge in [-0.15, -0.1) is 12.4 Å². The van der Waals surface area contributed by atoms with Gasteiger partial charge in [-0.2, -0.15) is 0 Å². The summed E-state index contributed by atoms with van der Waals surface area (Å²) in [5.74, 6) is 1.02. The number of ether oxygens (including phenoxy) is 2. The van der Waals surface area contributed by atoms with Crippen molar-refractivity contribution in [2.75, 3.05) is 0 Å². The lowest BCUT2D eigenvalue weighted by molar-refractivity contribution is 0.255. The van der Waals surface area contributed by atoms with Gasteiger partial charge in [0.15, 0.2) is 11.5 Å². The fourth-order valence-corrected chi connectivity index (χ4v) is 2.46. The van der Waals surface area contributed by atoms with Gasteiger partial charge in [-0.1, -0.05) is 66.7 Å². The predicted octanol–water partition coefficient (Wildman–Crippen LogP) is 4.55. The molecule has 0 heterocycles. The third-order valence-corrected chi connectivity index (χ3v) is 3.73. The molecule has 0 saturated carbocycles. The maximum absolute atomic E-state index is 7.79. The van der Waals surface area contributed by atoms with Crippen LogP contribution in [0.3, 0.4) is 0 Å². The molecule has 0 spiro atoms. The maximum atomic E-state index is 7.79. The molecule has 3 N–H and O–H groups in total. The lowest BCUT2D eigenvalue weighted by atomic mass is 10.1. The van der Waals surface area contributed by atoms with Crippen molar-refractivity contribution in [3.05, 3.63) is 95.6 Å². The third-order valence-electron chi connectivity index (χ3n) is 3.73. The summed E-state index contributed by atoms with van der Waals surface area (Å²) in [5.41, 5.74) is 8.33. The zero-order valence-corrected chi connectivity index (χ0v) is 15.0. The highest BCUT2D eigenvalue weighted by molar-refractivity contribution is 5.98. The molecular weight excluding hydrogens is 348 g/mol. The van der Waals surface area contributed by atoms with Crippen LogP contribution in [-0.4, -0.2) is 5.84 Å². The quantitative estimate of drug-likeness (QED) is 0.474. The Morgan fingerprint density at radius 1 is 0.731 bits per heavy atom. The molecule has 0 amide bonds. The predicted molar refractivity (Wildman–Crippen MR) is 106 cm³/mol. The smallest absolute Gasteiger partial charge is 0.172 e. The van der Waals surface area contributed by atoms with E-state index in [2.05, 4.69) is 0 Å². The van der Waals surface area contributed by atoms with E-state index in [1.165, 1.54) is 0 Å². The Morgan fingerprint density at radius 3 is 1.81 bits per heavy atom. The zero-order valence-electron chi connectivity index (χ0n) is 14.2. The minimum Gasteiger partial charge on any atom is -0.485 e. The highest BCUT2D eigenvalue weighted by atomic mass is 35.5. The summed E-state index contributed by atoms with van der Waals surface area (Å²) in [6, 6.07) is 25.2. The summed E-state index contributed by atoms with van der Waals surface area (Å²) in [6.07, 6.45) is 0. The highest BCUT2D eigenvalue weighted by Crippen LogP contribution is 2.32. The Labute approximate surface area is 159 Å². The lowest BCUT2D eigenvalue weighted by Gasteiger charge is -2.16. The fraction of sp³-hybridized carbons (Fsp3) is 0.0952. The first kappa shape index (κ1) is 19.3. The SMILES string of the molecule is Cl.N=C(N)c1cccc(OCc2ccccc2)c1OCc1ccccc1. The van der Waals surface area contributed by atoms with Gasteiger partial charge in [0.05, 0.1) is 5.56 Å². The van der Waals surface area contributed by atoms with Gasteiger partial charge >= 0.3 is 0 Å². The number of nitrogen functional groups attached to an aromatic ring is 1. The van der Waals surface area contributed by atoms with E-state index in [1.807, 2.05) is 72.8 Å². The molecule has 0 aliphatic heterocycles. The van der Waals surface area contributed by atoms with Crippen LogP contribution in [0.25, 0.3) is 0 Å². The van der Waals surface area contributed by atoms with Gasteiger partial charge in [0, 0.05) is 0 Å². The van der Waals surface area contributed by atoms with Gasteiger partial charge < -0.3 is 15.2 Å². The van der Waals surface area contributed by atoms with Crippen molar-refractivity contribution in [2.45, 2.75) is 13.2 Å². The van der Waals surface area contributed by atoms with Gasteiger partial charge in [-0.05, 0) is 23.3 Å². The molecule has 0 aliphatic rings. The van der Waals surface area contributed by atoms with Crippen LogP contribution < -0.4 is 15.2 Å². The van der Waals surface area contributed by atoms with E-state index in [0.717, 1.165) is 11.1 Å². The van der Waals surface area contributed by atoms with Crippen LogP contribution in [-0.2, 0) is 13.2 Å². The number of amidine groups is 1. The number of halogens is 1. The Kier molecular flexibility index (Phi) is 7.06. The molecule has 0 unspecified atom stereocenters.